The molecule has 0 amide bonds. The van der Waals surface area contributed by atoms with E-state index in [9.17, 15) is 8.42 Å². The van der Waals surface area contributed by atoms with E-state index >= 15 is 0 Å². The van der Waals surface area contributed by atoms with E-state index in [0.29, 0.717) is 18.1 Å². The lowest BCUT2D eigenvalue weighted by Crippen LogP contribution is -3.08. The number of aryl methyl sites for hydroxylation is 1. The first kappa shape index (κ1) is 20.2. The summed E-state index contributed by atoms with van der Waals surface area (Å²) in [5, 5.41) is 5.34. The maximum absolute atomic E-state index is 11.8. The molecule has 1 unspecified atom stereocenters. The van der Waals surface area contributed by atoms with Crippen LogP contribution in [0.3, 0.4) is 0 Å². The normalized spacial score (nSPS) is 19.9. The number of aromatic nitrogens is 2. The van der Waals surface area contributed by atoms with E-state index in [1.54, 1.807) is 0 Å². The number of halogens is 1. The largest absolute Gasteiger partial charge is 0.488 e. The fourth-order valence-electron chi connectivity index (χ4n) is 3.54. The fraction of sp³-hybridized carbons (Fsp3) is 0.526. The molecule has 1 fully saturated rings. The minimum atomic E-state index is -2.92. The van der Waals surface area contributed by atoms with Crippen LogP contribution in [0.4, 0.5) is 0 Å². The van der Waals surface area contributed by atoms with Crippen molar-refractivity contribution >= 4 is 21.4 Å². The van der Waals surface area contributed by atoms with Crippen molar-refractivity contribution < 1.29 is 18.1 Å². The first-order valence-electron chi connectivity index (χ1n) is 9.20. The van der Waals surface area contributed by atoms with Crippen LogP contribution in [0.25, 0.3) is 0 Å². The average molecular weight is 413 g/mol. The zero-order chi connectivity index (χ0) is 19.6. The van der Waals surface area contributed by atoms with Crippen LogP contribution in [-0.2, 0) is 16.4 Å². The summed E-state index contributed by atoms with van der Waals surface area (Å²) >= 11 is 5.88. The van der Waals surface area contributed by atoms with Crippen molar-refractivity contribution in [2.24, 2.45) is 0 Å². The summed E-state index contributed by atoms with van der Waals surface area (Å²) in [4.78, 5) is 1.31. The van der Waals surface area contributed by atoms with Gasteiger partial charge in [0.2, 0.25) is 0 Å². The molecular weight excluding hydrogens is 386 g/mol. The third-order valence-electron chi connectivity index (χ3n) is 5.12. The van der Waals surface area contributed by atoms with E-state index in [1.165, 1.54) is 10.5 Å². The quantitative estimate of drug-likeness (QED) is 0.750. The number of sulfone groups is 1. The summed E-state index contributed by atoms with van der Waals surface area (Å²) in [7, 11) is -0.793. The SMILES string of the molecule is Cc1nn([C@H]2CCS(=O)(=O)C2)c(C)c1C[NH+](C)CCOc1ccc(Cl)cc1. The van der Waals surface area contributed by atoms with E-state index in [4.69, 9.17) is 16.3 Å². The van der Waals surface area contributed by atoms with Crippen LogP contribution in [0, 0.1) is 13.8 Å². The first-order valence-corrected chi connectivity index (χ1v) is 11.4. The number of hydrogen-bond acceptors (Lipinski definition) is 4. The number of quaternary nitrogens is 1. The number of nitrogens with one attached hydrogen (secondary N) is 1. The maximum Gasteiger partial charge on any atom is 0.152 e. The second kappa shape index (κ2) is 8.20. The Bertz CT molecular complexity index is 894. The highest BCUT2D eigenvalue weighted by atomic mass is 35.5. The van der Waals surface area contributed by atoms with Gasteiger partial charge < -0.3 is 9.64 Å². The highest BCUT2D eigenvalue weighted by molar-refractivity contribution is 7.91. The molecule has 8 heteroatoms. The molecule has 1 N–H and O–H groups in total. The number of benzene rings is 1. The molecule has 0 saturated carbocycles. The predicted molar refractivity (Wildman–Crippen MR) is 106 cm³/mol. The van der Waals surface area contributed by atoms with Crippen molar-refractivity contribution in [3.05, 3.63) is 46.2 Å². The molecule has 0 aliphatic carbocycles. The van der Waals surface area contributed by atoms with Gasteiger partial charge in [0.15, 0.2) is 9.84 Å². The second-order valence-corrected chi connectivity index (χ2v) is 10.0. The van der Waals surface area contributed by atoms with Gasteiger partial charge in [-0.2, -0.15) is 5.10 Å². The lowest BCUT2D eigenvalue weighted by Gasteiger charge is -2.16. The number of ether oxygens (including phenoxy) is 1. The van der Waals surface area contributed by atoms with Crippen LogP contribution in [0.5, 0.6) is 5.75 Å². The van der Waals surface area contributed by atoms with Crippen molar-refractivity contribution in [2.75, 3.05) is 31.7 Å². The monoisotopic (exact) mass is 412 g/mol. The summed E-state index contributed by atoms with van der Waals surface area (Å²) in [6.07, 6.45) is 0.654. The molecular formula is C19H27ClN3O3S+. The average Bonchev–Trinajstić information content (AvgIpc) is 3.10. The third-order valence-corrected chi connectivity index (χ3v) is 7.12. The zero-order valence-corrected chi connectivity index (χ0v) is 17.6. The Morgan fingerprint density at radius 2 is 2.00 bits per heavy atom. The van der Waals surface area contributed by atoms with Gasteiger partial charge in [0.1, 0.15) is 25.4 Å². The number of hydrogen-bond donors (Lipinski definition) is 1. The van der Waals surface area contributed by atoms with Crippen LogP contribution < -0.4 is 9.64 Å². The molecule has 0 radical (unpaired) electrons. The van der Waals surface area contributed by atoms with Crippen molar-refractivity contribution in [3.8, 4) is 5.75 Å². The Hall–Kier alpha value is -1.57. The molecule has 27 heavy (non-hydrogen) atoms. The zero-order valence-electron chi connectivity index (χ0n) is 16.0. The number of likely N-dealkylation sites (N-methyl/N-ethyl adjacent to an activating group) is 1. The molecule has 0 spiro atoms. The smallest absolute Gasteiger partial charge is 0.152 e. The van der Waals surface area contributed by atoms with Gasteiger partial charge >= 0.3 is 0 Å². The lowest BCUT2D eigenvalue weighted by atomic mass is 10.1. The molecule has 1 aromatic carbocycles. The van der Waals surface area contributed by atoms with Gasteiger partial charge in [-0.25, -0.2) is 8.42 Å². The Labute approximate surface area is 166 Å². The Morgan fingerprint density at radius 1 is 1.30 bits per heavy atom. The van der Waals surface area contributed by atoms with Crippen LogP contribution in [-0.4, -0.2) is 49.9 Å². The Balaban J connectivity index is 1.57. The van der Waals surface area contributed by atoms with Crippen molar-refractivity contribution in [3.63, 3.8) is 0 Å². The summed E-state index contributed by atoms with van der Waals surface area (Å²) in [5.74, 6) is 1.28. The molecule has 2 aromatic rings. The van der Waals surface area contributed by atoms with E-state index in [0.717, 1.165) is 30.2 Å². The summed E-state index contributed by atoms with van der Waals surface area (Å²) in [5.41, 5.74) is 3.26. The van der Waals surface area contributed by atoms with Gasteiger partial charge in [0, 0.05) is 10.7 Å². The molecule has 3 rings (SSSR count). The molecule has 0 bridgehead atoms. The molecule has 6 nitrogen and oxygen atoms in total. The van der Waals surface area contributed by atoms with E-state index in [2.05, 4.69) is 12.1 Å². The number of nitrogens with zero attached hydrogens (tertiary/aromatic N) is 2. The predicted octanol–water partition coefficient (Wildman–Crippen LogP) is 1.61. The maximum atomic E-state index is 11.8. The van der Waals surface area contributed by atoms with E-state index in [-0.39, 0.29) is 17.5 Å². The summed E-state index contributed by atoms with van der Waals surface area (Å²) in [6.45, 7) is 6.34. The van der Waals surface area contributed by atoms with Crippen LogP contribution in [0.15, 0.2) is 24.3 Å². The van der Waals surface area contributed by atoms with Crippen molar-refractivity contribution in [1.82, 2.24) is 9.78 Å². The minimum Gasteiger partial charge on any atom is -0.488 e. The standard InChI is InChI=1S/C19H26ClN3O3S/c1-14-19(15(2)23(21-14)17-8-11-27(24,25)13-17)12-22(3)9-10-26-18-6-4-16(20)5-7-18/h4-7,17H,8-13H2,1-3H3/p+1/t17-/m0/s1. The number of rotatable bonds is 7. The molecule has 1 aromatic heterocycles. The molecule has 148 valence electrons. The van der Waals surface area contributed by atoms with Gasteiger partial charge in [0.05, 0.1) is 35.9 Å². The second-order valence-electron chi connectivity index (χ2n) is 7.34. The molecule has 2 atom stereocenters. The topological polar surface area (TPSA) is 65.6 Å². The summed E-state index contributed by atoms with van der Waals surface area (Å²) in [6, 6.07) is 7.34. The Kier molecular flexibility index (Phi) is 6.13. The van der Waals surface area contributed by atoms with Gasteiger partial charge in [-0.05, 0) is 44.5 Å². The van der Waals surface area contributed by atoms with Crippen LogP contribution in [0.1, 0.15) is 29.4 Å². The van der Waals surface area contributed by atoms with Gasteiger partial charge in [-0.15, -0.1) is 0 Å². The van der Waals surface area contributed by atoms with Crippen molar-refractivity contribution in [2.45, 2.75) is 32.9 Å². The van der Waals surface area contributed by atoms with Gasteiger partial charge in [-0.3, -0.25) is 4.68 Å². The van der Waals surface area contributed by atoms with E-state index < -0.39 is 9.84 Å². The van der Waals surface area contributed by atoms with Gasteiger partial charge in [0.25, 0.3) is 0 Å². The van der Waals surface area contributed by atoms with Gasteiger partial charge in [-0.1, -0.05) is 11.6 Å². The highest BCUT2D eigenvalue weighted by Gasteiger charge is 2.31. The van der Waals surface area contributed by atoms with Crippen molar-refractivity contribution in [1.29, 1.82) is 0 Å². The molecule has 1 aliphatic heterocycles. The third kappa shape index (κ3) is 5.03. The minimum absolute atomic E-state index is 0.0315. The molecule has 2 heterocycles. The fourth-order valence-corrected chi connectivity index (χ4v) is 5.36. The lowest BCUT2D eigenvalue weighted by molar-refractivity contribution is -0.893. The van der Waals surface area contributed by atoms with Crippen LogP contribution >= 0.6 is 11.6 Å². The molecule has 1 saturated heterocycles. The first-order chi connectivity index (χ1) is 12.7. The van der Waals surface area contributed by atoms with E-state index in [1.807, 2.05) is 42.8 Å². The Morgan fingerprint density at radius 3 is 2.63 bits per heavy atom. The van der Waals surface area contributed by atoms with Crippen LogP contribution in [0.2, 0.25) is 5.02 Å². The molecule has 1 aliphatic rings. The summed E-state index contributed by atoms with van der Waals surface area (Å²) < 4.78 is 31.3. The highest BCUT2D eigenvalue weighted by Crippen LogP contribution is 2.26.